The van der Waals surface area contributed by atoms with Gasteiger partial charge in [0.05, 0.1) is 17.7 Å². The van der Waals surface area contributed by atoms with Crippen molar-refractivity contribution in [3.8, 4) is 11.5 Å². The molecular weight excluding hydrogens is 307 g/mol. The molecule has 2 rings (SSSR count). The summed E-state index contributed by atoms with van der Waals surface area (Å²) in [5.41, 5.74) is -0.712. The number of benzene rings is 1. The number of hydrogen-bond donors (Lipinski definition) is 2. The van der Waals surface area contributed by atoms with Crippen LogP contribution in [0.15, 0.2) is 11.3 Å². The zero-order valence-corrected chi connectivity index (χ0v) is 12.1. The zero-order chi connectivity index (χ0) is 15.2. The fourth-order valence-electron chi connectivity index (χ4n) is 2.00. The number of allylic oxidation sites excluding steroid dienone is 2. The Kier molecular flexibility index (Phi) is 3.67. The van der Waals surface area contributed by atoms with Crippen molar-refractivity contribution in [2.45, 2.75) is 13.8 Å². The van der Waals surface area contributed by atoms with Gasteiger partial charge in [-0.25, -0.2) is 0 Å². The first-order chi connectivity index (χ1) is 9.32. The van der Waals surface area contributed by atoms with Crippen LogP contribution >= 0.6 is 23.2 Å². The summed E-state index contributed by atoms with van der Waals surface area (Å²) >= 11 is 11.5. The highest BCUT2D eigenvalue weighted by Gasteiger charge is 2.38. The SMILES string of the molecule is CCOC1=C(C)C(=O)c2c(O)c(Cl)c(Cl)c(O)c2C1=O. The van der Waals surface area contributed by atoms with Crippen LogP contribution in [-0.4, -0.2) is 28.4 Å². The van der Waals surface area contributed by atoms with Gasteiger partial charge in [-0.2, -0.15) is 0 Å². The van der Waals surface area contributed by atoms with Crippen LogP contribution < -0.4 is 0 Å². The third kappa shape index (κ3) is 1.85. The van der Waals surface area contributed by atoms with E-state index in [0.717, 1.165) is 0 Å². The number of fused-ring (bicyclic) bond motifs is 1. The second-order valence-corrected chi connectivity index (χ2v) is 4.88. The van der Waals surface area contributed by atoms with E-state index in [1.807, 2.05) is 0 Å². The average Bonchev–Trinajstić information content (AvgIpc) is 2.42. The average molecular weight is 317 g/mol. The molecule has 0 unspecified atom stereocenters. The minimum Gasteiger partial charge on any atom is -0.506 e. The molecule has 0 fully saturated rings. The van der Waals surface area contributed by atoms with Crippen LogP contribution in [0, 0.1) is 0 Å². The first-order valence-electron chi connectivity index (χ1n) is 5.68. The number of hydrogen-bond acceptors (Lipinski definition) is 5. The Balaban J connectivity index is 2.84. The predicted octanol–water partition coefficient (Wildman–Crippen LogP) is 3.09. The highest BCUT2D eigenvalue weighted by molar-refractivity contribution is 6.45. The molecule has 0 spiro atoms. The van der Waals surface area contributed by atoms with E-state index in [2.05, 4.69) is 0 Å². The van der Waals surface area contributed by atoms with Gasteiger partial charge in [0, 0.05) is 5.57 Å². The van der Waals surface area contributed by atoms with Gasteiger partial charge in [-0.3, -0.25) is 9.59 Å². The van der Waals surface area contributed by atoms with Crippen LogP contribution in [0.3, 0.4) is 0 Å². The molecule has 0 heterocycles. The van der Waals surface area contributed by atoms with E-state index in [-0.39, 0.29) is 33.5 Å². The number of rotatable bonds is 2. The first-order valence-corrected chi connectivity index (χ1v) is 6.44. The molecule has 1 aliphatic carbocycles. The Morgan fingerprint density at radius 3 is 1.90 bits per heavy atom. The second-order valence-electron chi connectivity index (χ2n) is 4.12. The number of carbonyl (C=O) groups is 2. The maximum atomic E-state index is 12.3. The molecule has 1 aliphatic rings. The van der Waals surface area contributed by atoms with Crippen molar-refractivity contribution in [1.29, 1.82) is 0 Å². The maximum Gasteiger partial charge on any atom is 0.232 e. The van der Waals surface area contributed by atoms with Crippen molar-refractivity contribution >= 4 is 34.8 Å². The van der Waals surface area contributed by atoms with Gasteiger partial charge < -0.3 is 14.9 Å². The third-order valence-corrected chi connectivity index (χ3v) is 3.80. The summed E-state index contributed by atoms with van der Waals surface area (Å²) in [6.07, 6.45) is 0. The molecule has 7 heteroatoms. The number of phenols is 2. The fourth-order valence-corrected chi connectivity index (χ4v) is 2.37. The van der Waals surface area contributed by atoms with Crippen LogP contribution in [-0.2, 0) is 4.74 Å². The van der Waals surface area contributed by atoms with Crippen molar-refractivity contribution in [1.82, 2.24) is 0 Å². The summed E-state index contributed by atoms with van der Waals surface area (Å²) in [5, 5.41) is 19.1. The van der Waals surface area contributed by atoms with Gasteiger partial charge in [-0.15, -0.1) is 0 Å². The number of ether oxygens (including phenoxy) is 1. The van der Waals surface area contributed by atoms with Crippen molar-refractivity contribution in [3.63, 3.8) is 0 Å². The fraction of sp³-hybridized carbons (Fsp3) is 0.231. The van der Waals surface area contributed by atoms with Crippen LogP contribution in [0.25, 0.3) is 0 Å². The van der Waals surface area contributed by atoms with Crippen LogP contribution in [0.5, 0.6) is 11.5 Å². The van der Waals surface area contributed by atoms with Crippen LogP contribution in [0.2, 0.25) is 10.0 Å². The summed E-state index contributed by atoms with van der Waals surface area (Å²) in [7, 11) is 0. The van der Waals surface area contributed by atoms with E-state index in [0.29, 0.717) is 0 Å². The molecule has 2 N–H and O–H groups in total. The van der Waals surface area contributed by atoms with Crippen LogP contribution in [0.4, 0.5) is 0 Å². The topological polar surface area (TPSA) is 83.8 Å². The lowest BCUT2D eigenvalue weighted by Gasteiger charge is -2.21. The molecule has 106 valence electrons. The molecule has 1 aromatic rings. The quantitative estimate of drug-likeness (QED) is 0.819. The Hall–Kier alpha value is -1.72. The van der Waals surface area contributed by atoms with Crippen molar-refractivity contribution in [2.75, 3.05) is 6.61 Å². The summed E-state index contributed by atoms with van der Waals surface area (Å²) in [5.74, 6) is -2.80. The van der Waals surface area contributed by atoms with Gasteiger partial charge in [0.2, 0.25) is 5.78 Å². The lowest BCUT2D eigenvalue weighted by Crippen LogP contribution is -2.23. The number of carbonyl (C=O) groups excluding carboxylic acids is 2. The van der Waals surface area contributed by atoms with Crippen molar-refractivity contribution < 1.29 is 24.5 Å². The lowest BCUT2D eigenvalue weighted by molar-refractivity contribution is 0.0876. The molecule has 5 nitrogen and oxygen atoms in total. The second kappa shape index (κ2) is 5.00. The van der Waals surface area contributed by atoms with Crippen molar-refractivity contribution in [2.24, 2.45) is 0 Å². The predicted molar refractivity (Wildman–Crippen MR) is 72.8 cm³/mol. The smallest absolute Gasteiger partial charge is 0.232 e. The number of phenolic OH excluding ortho intramolecular Hbond substituents is 2. The van der Waals surface area contributed by atoms with Gasteiger partial charge in [0.25, 0.3) is 0 Å². The van der Waals surface area contributed by atoms with E-state index in [1.165, 1.54) is 6.92 Å². The number of halogens is 2. The monoisotopic (exact) mass is 316 g/mol. The molecule has 1 aromatic carbocycles. The minimum atomic E-state index is -0.717. The molecule has 0 atom stereocenters. The highest BCUT2D eigenvalue weighted by atomic mass is 35.5. The number of Topliss-reactive ketones (excluding diaryl/α,β-unsaturated/α-hetero) is 2. The van der Waals surface area contributed by atoms with E-state index in [1.54, 1.807) is 6.92 Å². The molecule has 0 aromatic heterocycles. The molecule has 0 bridgehead atoms. The van der Waals surface area contributed by atoms with Gasteiger partial charge in [-0.05, 0) is 13.8 Å². The zero-order valence-electron chi connectivity index (χ0n) is 10.6. The summed E-state index contributed by atoms with van der Waals surface area (Å²) < 4.78 is 5.14. The highest BCUT2D eigenvalue weighted by Crippen LogP contribution is 2.47. The molecule has 20 heavy (non-hydrogen) atoms. The Bertz CT molecular complexity index is 676. The Morgan fingerprint density at radius 2 is 1.45 bits per heavy atom. The van der Waals surface area contributed by atoms with Crippen molar-refractivity contribution in [3.05, 3.63) is 32.5 Å². The number of ketones is 2. The standard InChI is InChI=1S/C13H10Cl2O5/c1-3-20-13-4(2)9(16)5-6(12(13)19)11(18)8(15)7(14)10(5)17/h17-18H,3H2,1-2H3. The van der Waals surface area contributed by atoms with E-state index in [4.69, 9.17) is 27.9 Å². The Labute approximate surface area is 124 Å². The van der Waals surface area contributed by atoms with Gasteiger partial charge in [-0.1, -0.05) is 23.2 Å². The van der Waals surface area contributed by atoms with Crippen LogP contribution in [0.1, 0.15) is 34.6 Å². The minimum absolute atomic E-state index is 0.0393. The molecule has 0 saturated heterocycles. The molecule has 0 aliphatic heterocycles. The molecule has 0 amide bonds. The normalized spacial score (nSPS) is 14.6. The van der Waals surface area contributed by atoms with Gasteiger partial charge in [0.1, 0.15) is 21.5 Å². The van der Waals surface area contributed by atoms with Gasteiger partial charge >= 0.3 is 0 Å². The molecular formula is C13H10Cl2O5. The molecule has 0 saturated carbocycles. The number of aromatic hydroxyl groups is 2. The Morgan fingerprint density at radius 1 is 1.00 bits per heavy atom. The van der Waals surface area contributed by atoms with E-state index < -0.39 is 28.6 Å². The summed E-state index contributed by atoms with van der Waals surface area (Å²) in [6, 6.07) is 0. The van der Waals surface area contributed by atoms with E-state index >= 15 is 0 Å². The van der Waals surface area contributed by atoms with E-state index in [9.17, 15) is 19.8 Å². The largest absolute Gasteiger partial charge is 0.506 e. The first kappa shape index (κ1) is 14.7. The third-order valence-electron chi connectivity index (χ3n) is 2.96. The lowest BCUT2D eigenvalue weighted by atomic mass is 9.87. The summed E-state index contributed by atoms with van der Waals surface area (Å²) in [4.78, 5) is 24.5. The van der Waals surface area contributed by atoms with Gasteiger partial charge in [0.15, 0.2) is 11.5 Å². The molecule has 0 radical (unpaired) electrons. The summed E-state index contributed by atoms with van der Waals surface area (Å²) in [6.45, 7) is 3.22. The maximum absolute atomic E-state index is 12.3.